The third-order valence-corrected chi connectivity index (χ3v) is 12.0. The minimum Gasteiger partial charge on any atom is -0.453 e. The van der Waals surface area contributed by atoms with Crippen LogP contribution >= 0.6 is 0 Å². The van der Waals surface area contributed by atoms with Gasteiger partial charge in [0.15, 0.2) is 0 Å². The second kappa shape index (κ2) is 12.9. The largest absolute Gasteiger partial charge is 0.453 e. The first-order chi connectivity index (χ1) is 21.7. The second-order valence-corrected chi connectivity index (χ2v) is 14.8. The molecule has 2 aliphatic heterocycles. The Labute approximate surface area is 265 Å². The Morgan fingerprint density at radius 3 is 2.38 bits per heavy atom. The highest BCUT2D eigenvalue weighted by Crippen LogP contribution is 2.50. The van der Waals surface area contributed by atoms with Gasteiger partial charge in [0.2, 0.25) is 9.84 Å². The molecular weight excluding hydrogens is 588 g/mol. The zero-order chi connectivity index (χ0) is 31.6. The molecule has 11 heteroatoms. The molecule has 6 rings (SSSR count). The van der Waals surface area contributed by atoms with Gasteiger partial charge in [-0.15, -0.1) is 0 Å². The van der Waals surface area contributed by atoms with Crippen molar-refractivity contribution in [1.29, 1.82) is 5.26 Å². The summed E-state index contributed by atoms with van der Waals surface area (Å²) >= 11 is 0. The fourth-order valence-electron chi connectivity index (χ4n) is 7.94. The molecule has 45 heavy (non-hydrogen) atoms. The van der Waals surface area contributed by atoms with E-state index in [2.05, 4.69) is 38.4 Å². The van der Waals surface area contributed by atoms with Crippen molar-refractivity contribution >= 4 is 21.6 Å². The van der Waals surface area contributed by atoms with Gasteiger partial charge in [0.1, 0.15) is 4.90 Å². The lowest BCUT2D eigenvalue weighted by molar-refractivity contribution is 0.0939. The number of anilines is 1. The van der Waals surface area contributed by atoms with Gasteiger partial charge in [0, 0.05) is 56.4 Å². The summed E-state index contributed by atoms with van der Waals surface area (Å²) in [6, 6.07) is 20.1. The van der Waals surface area contributed by atoms with Crippen molar-refractivity contribution in [3.63, 3.8) is 0 Å². The van der Waals surface area contributed by atoms with Crippen LogP contribution in [-0.4, -0.2) is 75.1 Å². The number of aryl methyl sites for hydroxylation is 1. The summed E-state index contributed by atoms with van der Waals surface area (Å²) in [4.78, 5) is 17.5. The van der Waals surface area contributed by atoms with E-state index in [1.54, 1.807) is 19.2 Å². The van der Waals surface area contributed by atoms with Crippen molar-refractivity contribution in [3.05, 3.63) is 72.6 Å². The van der Waals surface area contributed by atoms with Gasteiger partial charge in [-0.25, -0.2) is 13.2 Å². The van der Waals surface area contributed by atoms with Crippen LogP contribution in [0.4, 0.5) is 10.5 Å². The van der Waals surface area contributed by atoms with Crippen molar-refractivity contribution in [2.24, 2.45) is 24.8 Å². The van der Waals surface area contributed by atoms with E-state index in [9.17, 15) is 18.5 Å². The van der Waals surface area contributed by atoms with Gasteiger partial charge >= 0.3 is 6.09 Å². The molecule has 0 radical (unpaired) electrons. The average molecular weight is 631 g/mol. The Kier molecular flexibility index (Phi) is 8.89. The first-order valence-electron chi connectivity index (χ1n) is 15.9. The molecule has 1 aliphatic carbocycles. The molecule has 238 valence electrons. The number of nitrogens with one attached hydrogen (secondary N) is 1. The average Bonchev–Trinajstić information content (AvgIpc) is 3.70. The molecule has 2 aromatic carbocycles. The monoisotopic (exact) mass is 630 g/mol. The van der Waals surface area contributed by atoms with Gasteiger partial charge in [-0.2, -0.15) is 10.4 Å². The van der Waals surface area contributed by atoms with Crippen molar-refractivity contribution < 1.29 is 17.9 Å². The van der Waals surface area contributed by atoms with Crippen LogP contribution < -0.4 is 10.2 Å². The summed E-state index contributed by atoms with van der Waals surface area (Å²) in [5.41, 5.74) is 1.42. The molecule has 1 amide bonds. The van der Waals surface area contributed by atoms with E-state index in [1.165, 1.54) is 24.2 Å². The second-order valence-electron chi connectivity index (χ2n) is 12.8. The number of amides is 1. The predicted octanol–water partition coefficient (Wildman–Crippen LogP) is 4.39. The number of ether oxygens (including phenoxy) is 1. The fraction of sp³-hybridized carbons (Fsp3) is 0.500. The summed E-state index contributed by atoms with van der Waals surface area (Å²) in [5, 5.41) is 18.0. The number of alkyl carbamates (subject to hydrolysis) is 1. The maximum atomic E-state index is 12.9. The van der Waals surface area contributed by atoms with Gasteiger partial charge in [0.05, 0.1) is 29.7 Å². The molecule has 3 aliphatic rings. The topological polar surface area (TPSA) is 121 Å². The minimum absolute atomic E-state index is 0.0338. The molecule has 2 saturated heterocycles. The number of benzene rings is 2. The van der Waals surface area contributed by atoms with E-state index >= 15 is 0 Å². The maximum absolute atomic E-state index is 12.9. The number of hydrogen-bond acceptors (Lipinski definition) is 8. The first-order valence-corrected chi connectivity index (χ1v) is 17.3. The lowest BCUT2D eigenvalue weighted by Gasteiger charge is -2.48. The molecule has 3 fully saturated rings. The third-order valence-electron chi connectivity index (χ3n) is 10.2. The Hall–Kier alpha value is -3.88. The number of likely N-dealkylation sites (tertiary alicyclic amines) is 1. The first kappa shape index (κ1) is 31.1. The number of carbonyl (C=O) groups is 1. The third kappa shape index (κ3) is 6.06. The number of sulfone groups is 1. The number of aromatic nitrogens is 2. The molecule has 0 bridgehead atoms. The van der Waals surface area contributed by atoms with Crippen molar-refractivity contribution in [2.45, 2.75) is 53.4 Å². The van der Waals surface area contributed by atoms with E-state index in [-0.39, 0.29) is 27.7 Å². The molecule has 10 nitrogen and oxygen atoms in total. The maximum Gasteiger partial charge on any atom is 0.407 e. The van der Waals surface area contributed by atoms with Gasteiger partial charge < -0.3 is 19.9 Å². The number of carbonyl (C=O) groups excluding carboxylic acids is 1. The highest BCUT2D eigenvalue weighted by Gasteiger charge is 2.52. The number of piperidine rings is 1. The molecule has 1 aromatic heterocycles. The van der Waals surface area contributed by atoms with Crippen molar-refractivity contribution in [1.82, 2.24) is 20.0 Å². The Morgan fingerprint density at radius 1 is 1.04 bits per heavy atom. The number of hydrogen-bond donors (Lipinski definition) is 1. The van der Waals surface area contributed by atoms with Crippen LogP contribution in [0.2, 0.25) is 0 Å². The summed E-state index contributed by atoms with van der Waals surface area (Å²) in [6.07, 6.45) is 7.09. The van der Waals surface area contributed by atoms with E-state index in [0.717, 1.165) is 76.1 Å². The molecule has 1 unspecified atom stereocenters. The quantitative estimate of drug-likeness (QED) is 0.370. The van der Waals surface area contributed by atoms with Crippen LogP contribution in [0.3, 0.4) is 0 Å². The van der Waals surface area contributed by atoms with Crippen molar-refractivity contribution in [2.75, 3.05) is 44.7 Å². The number of nitriles is 1. The fourth-order valence-corrected chi connectivity index (χ4v) is 9.18. The number of nitrogens with zero attached hydrogens (tertiary/aromatic N) is 5. The molecule has 1 saturated carbocycles. The van der Waals surface area contributed by atoms with Crippen molar-refractivity contribution in [3.8, 4) is 6.07 Å². The Morgan fingerprint density at radius 2 is 1.76 bits per heavy atom. The van der Waals surface area contributed by atoms with Gasteiger partial charge in [0.25, 0.3) is 0 Å². The van der Waals surface area contributed by atoms with Gasteiger partial charge in [-0.05, 0) is 74.5 Å². The van der Waals surface area contributed by atoms with E-state index in [1.807, 2.05) is 30.3 Å². The standard InChI is InChI=1S/C34H42N6O4S/c1-38-23-30(19-36-38)45(42,43)29-13-11-28(12-14-29)40-21-25(22-40)20-39-17-15-27(16-18-39)34(24-35,26-7-4-3-5-8-26)31-9-6-10-32(31)37-33(41)44-2/h3-5,7-8,11-14,19,23,25,27,31-32H,6,9-10,15-18,20-22H2,1-2H3,(H,37,41)/t31-,32-,34?/m1/s1. The normalized spacial score (nSPS) is 22.7. The van der Waals surface area contributed by atoms with E-state index in [0.29, 0.717) is 5.92 Å². The van der Waals surface area contributed by atoms with Crippen LogP contribution in [0.5, 0.6) is 0 Å². The molecule has 3 atom stereocenters. The van der Waals surface area contributed by atoms with E-state index < -0.39 is 21.3 Å². The highest BCUT2D eigenvalue weighted by molar-refractivity contribution is 7.91. The molecule has 1 N–H and O–H groups in total. The summed E-state index contributed by atoms with van der Waals surface area (Å²) in [6.45, 7) is 4.77. The summed E-state index contributed by atoms with van der Waals surface area (Å²) < 4.78 is 32.2. The lowest BCUT2D eigenvalue weighted by Crippen LogP contribution is -2.55. The van der Waals surface area contributed by atoms with Crippen LogP contribution in [0.1, 0.15) is 37.7 Å². The van der Waals surface area contributed by atoms with Gasteiger partial charge in [-0.3, -0.25) is 4.68 Å². The Bertz CT molecular complexity index is 1620. The van der Waals surface area contributed by atoms with Crippen LogP contribution in [0.15, 0.2) is 76.8 Å². The van der Waals surface area contributed by atoms with Crippen LogP contribution in [-0.2, 0) is 27.0 Å². The van der Waals surface area contributed by atoms with Crippen LogP contribution in [0, 0.1) is 29.1 Å². The SMILES string of the molecule is COC(=O)N[C@@H]1CCC[C@H]1C(C#N)(c1ccccc1)C1CCN(CC2CN(c3ccc(S(=O)(=O)c4cnn(C)c4)cc3)C2)CC1. The predicted molar refractivity (Wildman–Crippen MR) is 170 cm³/mol. The molecule has 3 aromatic rings. The smallest absolute Gasteiger partial charge is 0.407 e. The van der Waals surface area contributed by atoms with Crippen LogP contribution in [0.25, 0.3) is 0 Å². The molecule has 0 spiro atoms. The molecule has 3 heterocycles. The Balaban J connectivity index is 1.07. The lowest BCUT2D eigenvalue weighted by atomic mass is 9.59. The highest BCUT2D eigenvalue weighted by atomic mass is 32.2. The minimum atomic E-state index is -3.58. The van der Waals surface area contributed by atoms with Gasteiger partial charge in [-0.1, -0.05) is 36.8 Å². The summed E-state index contributed by atoms with van der Waals surface area (Å²) in [5.74, 6) is 0.774. The zero-order valence-electron chi connectivity index (χ0n) is 26.0. The van der Waals surface area contributed by atoms with E-state index in [4.69, 9.17) is 4.74 Å². The number of methoxy groups -OCH3 is 1. The zero-order valence-corrected chi connectivity index (χ0v) is 26.8. The number of rotatable bonds is 9. The molecular formula is C34H42N6O4S. The summed E-state index contributed by atoms with van der Waals surface area (Å²) in [7, 11) is -0.494.